The minimum absolute atomic E-state index is 1.04. The molecule has 0 unspecified atom stereocenters. The minimum Gasteiger partial charge on any atom is -0.377 e. The number of hydrogen-bond acceptors (Lipinski definition) is 3. The number of fused-ring (bicyclic) bond motifs is 1. The lowest BCUT2D eigenvalue weighted by Crippen LogP contribution is -2.09. The van der Waals surface area contributed by atoms with Crippen LogP contribution in [0.1, 0.15) is 10.6 Å². The highest BCUT2D eigenvalue weighted by Gasteiger charge is 2.02. The van der Waals surface area contributed by atoms with Gasteiger partial charge in [-0.25, -0.2) is 4.98 Å². The van der Waals surface area contributed by atoms with Crippen LogP contribution >= 0.6 is 11.3 Å². The molecule has 0 spiro atoms. The summed E-state index contributed by atoms with van der Waals surface area (Å²) in [6, 6.07) is 16.6. The van der Waals surface area contributed by atoms with Crippen LogP contribution in [0.15, 0.2) is 48.5 Å². The van der Waals surface area contributed by atoms with Crippen molar-refractivity contribution in [1.29, 1.82) is 0 Å². The van der Waals surface area contributed by atoms with Crippen LogP contribution in [-0.4, -0.2) is 19.1 Å². The van der Waals surface area contributed by atoms with Crippen molar-refractivity contribution in [3.05, 3.63) is 59.1 Å². The van der Waals surface area contributed by atoms with Gasteiger partial charge in [0.05, 0.1) is 10.2 Å². The number of benzene rings is 2. The lowest BCUT2D eigenvalue weighted by atomic mass is 10.1. The van der Waals surface area contributed by atoms with E-state index in [2.05, 4.69) is 78.6 Å². The summed E-state index contributed by atoms with van der Waals surface area (Å²) in [5.74, 6) is 0. The first-order valence-electron chi connectivity index (χ1n) is 6.54. The largest absolute Gasteiger partial charge is 0.377 e. The highest BCUT2D eigenvalue weighted by Crippen LogP contribution is 2.25. The Hall–Kier alpha value is -2.13. The van der Waals surface area contributed by atoms with Crippen LogP contribution < -0.4 is 4.90 Å². The molecule has 1 aromatic heterocycles. The molecule has 100 valence electrons. The van der Waals surface area contributed by atoms with Crippen molar-refractivity contribution in [3.63, 3.8) is 0 Å². The topological polar surface area (TPSA) is 16.1 Å². The predicted molar refractivity (Wildman–Crippen MR) is 89.3 cm³/mol. The van der Waals surface area contributed by atoms with Crippen molar-refractivity contribution < 1.29 is 0 Å². The Balaban J connectivity index is 1.94. The summed E-state index contributed by atoms with van der Waals surface area (Å²) in [6.45, 7) is 0. The van der Waals surface area contributed by atoms with E-state index in [0.29, 0.717) is 0 Å². The molecule has 20 heavy (non-hydrogen) atoms. The molecule has 0 saturated carbocycles. The zero-order valence-corrected chi connectivity index (χ0v) is 12.4. The van der Waals surface area contributed by atoms with Gasteiger partial charge < -0.3 is 4.90 Å². The second kappa shape index (κ2) is 5.47. The van der Waals surface area contributed by atoms with Crippen molar-refractivity contribution in [2.75, 3.05) is 19.0 Å². The van der Waals surface area contributed by atoms with E-state index in [4.69, 9.17) is 0 Å². The van der Waals surface area contributed by atoms with Gasteiger partial charge >= 0.3 is 0 Å². The Labute approximate surface area is 123 Å². The second-order valence-corrected chi connectivity index (χ2v) is 5.87. The van der Waals surface area contributed by atoms with Crippen LogP contribution in [-0.2, 0) is 0 Å². The highest BCUT2D eigenvalue weighted by atomic mass is 32.1. The number of nitrogens with zero attached hydrogens (tertiary/aromatic N) is 2. The average Bonchev–Trinajstić information content (AvgIpc) is 2.88. The van der Waals surface area contributed by atoms with Crippen molar-refractivity contribution in [2.24, 2.45) is 0 Å². The predicted octanol–water partition coefficient (Wildman–Crippen LogP) is 4.53. The molecule has 0 radical (unpaired) electrons. The summed E-state index contributed by atoms with van der Waals surface area (Å²) >= 11 is 1.72. The Bertz CT molecular complexity index is 723. The van der Waals surface area contributed by atoms with Crippen LogP contribution in [0.25, 0.3) is 22.4 Å². The van der Waals surface area contributed by atoms with Gasteiger partial charge in [-0.3, -0.25) is 0 Å². The van der Waals surface area contributed by atoms with Gasteiger partial charge in [-0.05, 0) is 35.9 Å². The highest BCUT2D eigenvalue weighted by molar-refractivity contribution is 7.19. The number of thiazole rings is 1. The molecule has 1 heterocycles. The van der Waals surface area contributed by atoms with Crippen LogP contribution in [0.4, 0.5) is 5.69 Å². The van der Waals surface area contributed by atoms with Gasteiger partial charge in [0.15, 0.2) is 0 Å². The van der Waals surface area contributed by atoms with E-state index < -0.39 is 0 Å². The van der Waals surface area contributed by atoms with E-state index in [1.807, 2.05) is 6.07 Å². The summed E-state index contributed by atoms with van der Waals surface area (Å²) in [7, 11) is 4.12. The van der Waals surface area contributed by atoms with Gasteiger partial charge in [-0.1, -0.05) is 30.3 Å². The summed E-state index contributed by atoms with van der Waals surface area (Å²) in [4.78, 5) is 6.74. The molecule has 0 bridgehead atoms. The smallest absolute Gasteiger partial charge is 0.117 e. The molecule has 0 aliphatic carbocycles. The zero-order chi connectivity index (χ0) is 13.9. The molecule has 0 fully saturated rings. The second-order valence-electron chi connectivity index (χ2n) is 4.81. The summed E-state index contributed by atoms with van der Waals surface area (Å²) in [5.41, 5.74) is 3.49. The van der Waals surface area contributed by atoms with Crippen molar-refractivity contribution in [2.45, 2.75) is 0 Å². The maximum atomic E-state index is 4.62. The molecular formula is C17H16N2S. The van der Waals surface area contributed by atoms with Gasteiger partial charge in [0.25, 0.3) is 0 Å². The maximum Gasteiger partial charge on any atom is 0.117 e. The van der Waals surface area contributed by atoms with E-state index in [0.717, 1.165) is 10.5 Å². The number of aromatic nitrogens is 1. The van der Waals surface area contributed by atoms with E-state index in [-0.39, 0.29) is 0 Å². The first kappa shape index (κ1) is 12.9. The monoisotopic (exact) mass is 280 g/mol. The summed E-state index contributed by atoms with van der Waals surface area (Å²) < 4.78 is 1.23. The fraction of sp³-hybridized carbons (Fsp3) is 0.118. The molecule has 3 heteroatoms. The zero-order valence-electron chi connectivity index (χ0n) is 11.6. The maximum absolute atomic E-state index is 4.62. The Morgan fingerprint density at radius 1 is 0.950 bits per heavy atom. The molecule has 3 aromatic rings. The third-order valence-corrected chi connectivity index (χ3v) is 4.14. The van der Waals surface area contributed by atoms with Crippen LogP contribution in [0.2, 0.25) is 0 Å². The molecule has 0 aliphatic heterocycles. The summed E-state index contributed by atoms with van der Waals surface area (Å²) in [6.07, 6.45) is 4.22. The molecule has 0 atom stereocenters. The van der Waals surface area contributed by atoms with Crippen molar-refractivity contribution >= 4 is 39.4 Å². The van der Waals surface area contributed by atoms with Gasteiger partial charge in [0, 0.05) is 19.8 Å². The van der Waals surface area contributed by atoms with Crippen molar-refractivity contribution in [3.8, 4) is 0 Å². The van der Waals surface area contributed by atoms with Crippen LogP contribution in [0.5, 0.6) is 0 Å². The number of para-hydroxylation sites is 2. The molecule has 0 aliphatic rings. The number of rotatable bonds is 3. The van der Waals surface area contributed by atoms with Crippen LogP contribution in [0, 0.1) is 0 Å². The van der Waals surface area contributed by atoms with Gasteiger partial charge in [0.1, 0.15) is 5.01 Å². The molecule has 0 N–H and O–H groups in total. The van der Waals surface area contributed by atoms with Gasteiger partial charge in [0.2, 0.25) is 0 Å². The molecule has 2 nitrogen and oxygen atoms in total. The first-order chi connectivity index (χ1) is 9.74. The Morgan fingerprint density at radius 3 is 2.50 bits per heavy atom. The summed E-state index contributed by atoms with van der Waals surface area (Å²) in [5, 5.41) is 1.04. The van der Waals surface area contributed by atoms with Gasteiger partial charge in [-0.2, -0.15) is 0 Å². The third kappa shape index (κ3) is 2.58. The van der Waals surface area contributed by atoms with E-state index >= 15 is 0 Å². The molecular weight excluding hydrogens is 264 g/mol. The Morgan fingerprint density at radius 2 is 1.70 bits per heavy atom. The molecule has 0 saturated heterocycles. The minimum atomic E-state index is 1.04. The van der Waals surface area contributed by atoms with E-state index in [1.54, 1.807) is 11.3 Å². The molecule has 0 amide bonds. The first-order valence-corrected chi connectivity index (χ1v) is 7.36. The average molecular weight is 280 g/mol. The number of anilines is 1. The third-order valence-electron chi connectivity index (χ3n) is 3.13. The lowest BCUT2D eigenvalue weighted by molar-refractivity contribution is 1.13. The van der Waals surface area contributed by atoms with E-state index in [1.165, 1.54) is 16.0 Å². The number of hydrogen-bond donors (Lipinski definition) is 0. The normalized spacial score (nSPS) is 11.3. The molecule has 3 rings (SSSR count). The standard InChI is InChI=1S/C17H16N2S/c1-19(2)15-9-5-3-7-13(15)11-12-17-18-14-8-4-6-10-16(14)20-17/h3-12H,1-2H3. The fourth-order valence-electron chi connectivity index (χ4n) is 2.16. The Kier molecular flexibility index (Phi) is 3.52. The van der Waals surface area contributed by atoms with E-state index in [9.17, 15) is 0 Å². The van der Waals surface area contributed by atoms with Gasteiger partial charge in [-0.15, -0.1) is 11.3 Å². The van der Waals surface area contributed by atoms with Crippen molar-refractivity contribution in [1.82, 2.24) is 4.98 Å². The lowest BCUT2D eigenvalue weighted by Gasteiger charge is -2.15. The SMILES string of the molecule is CN(C)c1ccccc1C=Cc1nc2ccccc2s1. The van der Waals surface area contributed by atoms with Crippen LogP contribution in [0.3, 0.4) is 0 Å². The molecule has 2 aromatic carbocycles. The quantitative estimate of drug-likeness (QED) is 0.700. The fourth-order valence-corrected chi connectivity index (χ4v) is 3.03.